The molecule has 2 heterocycles. The van der Waals surface area contributed by atoms with E-state index in [-0.39, 0.29) is 5.56 Å². The number of aryl methyl sites for hydroxylation is 1. The van der Waals surface area contributed by atoms with Crippen molar-refractivity contribution in [3.05, 3.63) is 58.6 Å². The van der Waals surface area contributed by atoms with Crippen molar-refractivity contribution in [3.8, 4) is 11.4 Å². The maximum Gasteiger partial charge on any atom is 0.265 e. The Kier molecular flexibility index (Phi) is 5.92. The van der Waals surface area contributed by atoms with Gasteiger partial charge in [-0.25, -0.2) is 4.98 Å². The van der Waals surface area contributed by atoms with Crippen LogP contribution in [0.1, 0.15) is 25.6 Å². The van der Waals surface area contributed by atoms with E-state index in [0.717, 1.165) is 35.2 Å². The molecule has 1 aromatic heterocycles. The van der Waals surface area contributed by atoms with E-state index in [1.54, 1.807) is 10.6 Å². The van der Waals surface area contributed by atoms with E-state index in [0.29, 0.717) is 23.3 Å². The summed E-state index contributed by atoms with van der Waals surface area (Å²) in [6.07, 6.45) is 2.33. The molecular weight excluding hydrogens is 382 g/mol. The highest BCUT2D eigenvalue weighted by Gasteiger charge is 2.17. The third kappa shape index (κ3) is 4.49. The number of rotatable bonds is 6. The van der Waals surface area contributed by atoms with Crippen molar-refractivity contribution in [2.45, 2.75) is 31.6 Å². The van der Waals surface area contributed by atoms with Crippen LogP contribution in [0.2, 0.25) is 0 Å². The van der Waals surface area contributed by atoms with Gasteiger partial charge in [-0.3, -0.25) is 9.36 Å². The van der Waals surface area contributed by atoms with Gasteiger partial charge in [0.1, 0.15) is 11.6 Å². The normalized spacial score (nSPS) is 17.1. The molecule has 1 unspecified atom stereocenters. The second-order valence-electron chi connectivity index (χ2n) is 7.89. The molecule has 5 nitrogen and oxygen atoms in total. The lowest BCUT2D eigenvalue weighted by Gasteiger charge is -2.15. The smallest absolute Gasteiger partial charge is 0.265 e. The Morgan fingerprint density at radius 2 is 2.00 bits per heavy atom. The first-order valence-electron chi connectivity index (χ1n) is 10.2. The fourth-order valence-electron chi connectivity index (χ4n) is 3.99. The average Bonchev–Trinajstić information content (AvgIpc) is 3.12. The van der Waals surface area contributed by atoms with Crippen LogP contribution in [-0.2, 0) is 0 Å². The van der Waals surface area contributed by atoms with E-state index in [4.69, 9.17) is 4.74 Å². The average molecular weight is 410 g/mol. The third-order valence-electron chi connectivity index (χ3n) is 5.51. The Bertz CT molecular complexity index is 1060. The quantitative estimate of drug-likeness (QED) is 0.492. The zero-order chi connectivity index (χ0) is 20.4. The third-order valence-corrected chi connectivity index (χ3v) is 5.79. The highest BCUT2D eigenvalue weighted by Crippen LogP contribution is 2.19. The Morgan fingerprint density at radius 1 is 1.21 bits per heavy atom. The SMILES string of the molecule is Cc1nc2ccc(S)cc2c(=O)n1-c1ccc(OCCCN2CCC(C)C2)cc1. The zero-order valence-corrected chi connectivity index (χ0v) is 17.9. The fraction of sp³-hybridized carbons (Fsp3) is 0.391. The van der Waals surface area contributed by atoms with Crippen LogP contribution >= 0.6 is 12.6 Å². The Morgan fingerprint density at radius 3 is 2.72 bits per heavy atom. The Hall–Kier alpha value is -2.31. The van der Waals surface area contributed by atoms with Gasteiger partial charge < -0.3 is 9.64 Å². The van der Waals surface area contributed by atoms with Crippen molar-refractivity contribution >= 4 is 23.5 Å². The van der Waals surface area contributed by atoms with E-state index in [2.05, 4.69) is 29.4 Å². The van der Waals surface area contributed by atoms with Gasteiger partial charge in [-0.1, -0.05) is 6.92 Å². The zero-order valence-electron chi connectivity index (χ0n) is 17.0. The van der Waals surface area contributed by atoms with Gasteiger partial charge in [-0.15, -0.1) is 12.6 Å². The summed E-state index contributed by atoms with van der Waals surface area (Å²) in [7, 11) is 0. The predicted octanol–water partition coefficient (Wildman–Crippen LogP) is 4.09. The monoisotopic (exact) mass is 409 g/mol. The molecule has 0 amide bonds. The van der Waals surface area contributed by atoms with Gasteiger partial charge in [-0.2, -0.15) is 0 Å². The summed E-state index contributed by atoms with van der Waals surface area (Å²) >= 11 is 4.35. The van der Waals surface area contributed by atoms with Crippen molar-refractivity contribution in [2.24, 2.45) is 5.92 Å². The number of benzene rings is 2. The van der Waals surface area contributed by atoms with Gasteiger partial charge >= 0.3 is 0 Å². The minimum absolute atomic E-state index is 0.0862. The van der Waals surface area contributed by atoms with Gasteiger partial charge in [0.05, 0.1) is 23.2 Å². The van der Waals surface area contributed by atoms with Gasteiger partial charge in [0, 0.05) is 18.0 Å². The molecule has 0 aliphatic carbocycles. The van der Waals surface area contributed by atoms with Crippen molar-refractivity contribution in [3.63, 3.8) is 0 Å². The molecule has 2 aromatic carbocycles. The molecule has 4 rings (SSSR count). The van der Waals surface area contributed by atoms with Gasteiger partial charge in [0.15, 0.2) is 0 Å². The van der Waals surface area contributed by atoms with E-state index in [1.807, 2.05) is 43.3 Å². The molecule has 1 aliphatic rings. The molecule has 0 bridgehead atoms. The molecule has 1 fully saturated rings. The summed E-state index contributed by atoms with van der Waals surface area (Å²) in [4.78, 5) is 20.8. The van der Waals surface area contributed by atoms with E-state index in [9.17, 15) is 4.79 Å². The number of hydrogen-bond acceptors (Lipinski definition) is 5. The highest BCUT2D eigenvalue weighted by atomic mass is 32.1. The Labute approximate surface area is 176 Å². The lowest BCUT2D eigenvalue weighted by atomic mass is 10.2. The number of thiol groups is 1. The molecule has 1 saturated heterocycles. The number of hydrogen-bond donors (Lipinski definition) is 1. The molecule has 6 heteroatoms. The maximum absolute atomic E-state index is 13.0. The second kappa shape index (κ2) is 8.59. The molecular formula is C23H27N3O2S. The Balaban J connectivity index is 1.44. The first-order valence-corrected chi connectivity index (χ1v) is 10.6. The number of ether oxygens (including phenoxy) is 1. The van der Waals surface area contributed by atoms with Crippen LogP contribution in [0.15, 0.2) is 52.2 Å². The molecule has 1 atom stereocenters. The van der Waals surface area contributed by atoms with Crippen molar-refractivity contribution in [2.75, 3.05) is 26.2 Å². The summed E-state index contributed by atoms with van der Waals surface area (Å²) in [6, 6.07) is 13.1. The van der Waals surface area contributed by atoms with Gasteiger partial charge in [-0.05, 0) is 74.7 Å². The lowest BCUT2D eigenvalue weighted by molar-refractivity contribution is 0.259. The minimum atomic E-state index is -0.0862. The second-order valence-corrected chi connectivity index (χ2v) is 8.41. The first-order chi connectivity index (χ1) is 14.0. The van der Waals surface area contributed by atoms with Crippen LogP contribution in [0.3, 0.4) is 0 Å². The van der Waals surface area contributed by atoms with Gasteiger partial charge in [0.2, 0.25) is 0 Å². The van der Waals surface area contributed by atoms with Crippen molar-refractivity contribution in [1.82, 2.24) is 14.5 Å². The summed E-state index contributed by atoms with van der Waals surface area (Å²) in [5.74, 6) is 2.29. The standard InChI is InChI=1S/C23H27N3O2S/c1-16-10-12-25(15-16)11-3-13-28-19-6-4-18(5-7-19)26-17(2)24-22-9-8-20(29)14-21(22)23(26)27/h4-9,14,16,29H,3,10-13,15H2,1-2H3. The minimum Gasteiger partial charge on any atom is -0.494 e. The largest absolute Gasteiger partial charge is 0.494 e. The van der Waals surface area contributed by atoms with Crippen LogP contribution in [0.4, 0.5) is 0 Å². The summed E-state index contributed by atoms with van der Waals surface area (Å²) < 4.78 is 7.52. The number of fused-ring (bicyclic) bond motifs is 1. The fourth-order valence-corrected chi connectivity index (χ4v) is 4.19. The van der Waals surface area contributed by atoms with E-state index in [1.165, 1.54) is 19.5 Å². The molecule has 152 valence electrons. The van der Waals surface area contributed by atoms with Gasteiger partial charge in [0.25, 0.3) is 5.56 Å². The molecule has 3 aromatic rings. The summed E-state index contributed by atoms with van der Waals surface area (Å²) in [5.41, 5.74) is 1.38. The highest BCUT2D eigenvalue weighted by molar-refractivity contribution is 7.80. The van der Waals surface area contributed by atoms with Crippen LogP contribution < -0.4 is 10.3 Å². The lowest BCUT2D eigenvalue weighted by Crippen LogP contribution is -2.23. The topological polar surface area (TPSA) is 47.4 Å². The van der Waals surface area contributed by atoms with Crippen LogP contribution in [0.25, 0.3) is 16.6 Å². The maximum atomic E-state index is 13.0. The number of aromatic nitrogens is 2. The molecule has 1 aliphatic heterocycles. The van der Waals surface area contributed by atoms with E-state index >= 15 is 0 Å². The number of likely N-dealkylation sites (tertiary alicyclic amines) is 1. The summed E-state index contributed by atoms with van der Waals surface area (Å²) in [6.45, 7) is 8.36. The van der Waals surface area contributed by atoms with Crippen LogP contribution in [0, 0.1) is 12.8 Å². The van der Waals surface area contributed by atoms with Crippen LogP contribution in [-0.4, -0.2) is 40.7 Å². The summed E-state index contributed by atoms with van der Waals surface area (Å²) in [5, 5.41) is 0.569. The molecule has 0 radical (unpaired) electrons. The molecule has 0 spiro atoms. The van der Waals surface area contributed by atoms with E-state index < -0.39 is 0 Å². The molecule has 29 heavy (non-hydrogen) atoms. The number of nitrogens with zero attached hydrogens (tertiary/aromatic N) is 3. The van der Waals surface area contributed by atoms with Crippen molar-refractivity contribution < 1.29 is 4.74 Å². The predicted molar refractivity (Wildman–Crippen MR) is 120 cm³/mol. The molecule has 0 saturated carbocycles. The molecule has 0 N–H and O–H groups in total. The van der Waals surface area contributed by atoms with Crippen molar-refractivity contribution in [1.29, 1.82) is 0 Å². The van der Waals surface area contributed by atoms with Crippen LogP contribution in [0.5, 0.6) is 5.75 Å². The first kappa shape index (κ1) is 20.0.